The Morgan fingerprint density at radius 3 is 2.03 bits per heavy atom. The molecule has 0 unspecified atom stereocenters. The predicted octanol–water partition coefficient (Wildman–Crippen LogP) is 4.44. The first-order chi connectivity index (χ1) is 16.4. The number of anilines is 2. The van der Waals surface area contributed by atoms with Crippen LogP contribution in [-0.2, 0) is 9.59 Å². The lowest BCUT2D eigenvalue weighted by atomic mass is 10.0. The summed E-state index contributed by atoms with van der Waals surface area (Å²) in [6.07, 6.45) is 0. The molecule has 174 valence electrons. The van der Waals surface area contributed by atoms with Crippen LogP contribution >= 0.6 is 0 Å². The molecule has 0 spiro atoms. The lowest BCUT2D eigenvalue weighted by Crippen LogP contribution is -2.34. The van der Waals surface area contributed by atoms with Crippen LogP contribution < -0.4 is 24.0 Å². The van der Waals surface area contributed by atoms with Crippen molar-refractivity contribution in [3.8, 4) is 17.2 Å². The van der Waals surface area contributed by atoms with Crippen molar-refractivity contribution < 1.29 is 23.8 Å². The largest absolute Gasteiger partial charge is 0.495 e. The first kappa shape index (κ1) is 22.9. The highest BCUT2D eigenvalue weighted by atomic mass is 16.5. The first-order valence-corrected chi connectivity index (χ1v) is 10.7. The highest BCUT2D eigenvalue weighted by Crippen LogP contribution is 2.41. The number of ether oxygens (including phenoxy) is 3. The molecule has 0 bridgehead atoms. The summed E-state index contributed by atoms with van der Waals surface area (Å²) in [5.74, 6) is 0.534. The highest BCUT2D eigenvalue weighted by molar-refractivity contribution is 6.46. The number of rotatable bonds is 7. The summed E-state index contributed by atoms with van der Waals surface area (Å²) in [6, 6.07) is 20.0. The molecule has 0 fully saturated rings. The third-order valence-electron chi connectivity index (χ3n) is 5.79. The Balaban J connectivity index is 1.93. The fourth-order valence-corrected chi connectivity index (χ4v) is 4.06. The molecular formula is C27H26N2O5. The SMILES string of the molecule is COc1ccc(C2=C(N(C)c3ccccc3)C(=O)N(c3cc(C)ccc3OC)C2=O)cc1OC. The lowest BCUT2D eigenvalue weighted by Gasteiger charge is -2.22. The Bertz CT molecular complexity index is 1280. The van der Waals surface area contributed by atoms with E-state index in [4.69, 9.17) is 14.2 Å². The molecule has 4 rings (SSSR count). The smallest absolute Gasteiger partial charge is 0.282 e. The molecule has 3 aromatic rings. The summed E-state index contributed by atoms with van der Waals surface area (Å²) in [5.41, 5.74) is 3.13. The van der Waals surface area contributed by atoms with Gasteiger partial charge in [0.2, 0.25) is 0 Å². The Kier molecular flexibility index (Phi) is 6.27. The second-order valence-corrected chi connectivity index (χ2v) is 7.81. The van der Waals surface area contributed by atoms with Crippen LogP contribution in [0.25, 0.3) is 5.57 Å². The number of imide groups is 1. The van der Waals surface area contributed by atoms with E-state index in [1.54, 1.807) is 49.4 Å². The quantitative estimate of drug-likeness (QED) is 0.488. The summed E-state index contributed by atoms with van der Waals surface area (Å²) in [4.78, 5) is 30.7. The van der Waals surface area contributed by atoms with Gasteiger partial charge >= 0.3 is 0 Å². The maximum atomic E-state index is 13.9. The van der Waals surface area contributed by atoms with E-state index in [0.717, 1.165) is 11.3 Å². The number of nitrogens with zero attached hydrogens (tertiary/aromatic N) is 2. The molecule has 1 heterocycles. The number of hydrogen-bond donors (Lipinski definition) is 0. The van der Waals surface area contributed by atoms with E-state index in [1.807, 2.05) is 43.3 Å². The third kappa shape index (κ3) is 3.85. The number of para-hydroxylation sites is 1. The second-order valence-electron chi connectivity index (χ2n) is 7.81. The van der Waals surface area contributed by atoms with Crippen LogP contribution in [0.3, 0.4) is 0 Å². The predicted molar refractivity (Wildman–Crippen MR) is 132 cm³/mol. The van der Waals surface area contributed by atoms with Gasteiger partial charge in [0, 0.05) is 12.7 Å². The van der Waals surface area contributed by atoms with Crippen LogP contribution in [0.2, 0.25) is 0 Å². The van der Waals surface area contributed by atoms with Gasteiger partial charge in [0.1, 0.15) is 11.4 Å². The molecule has 0 atom stereocenters. The Labute approximate surface area is 198 Å². The number of methoxy groups -OCH3 is 3. The number of likely N-dealkylation sites (N-methyl/N-ethyl adjacent to an activating group) is 1. The zero-order valence-corrected chi connectivity index (χ0v) is 19.8. The highest BCUT2D eigenvalue weighted by Gasteiger charge is 2.43. The molecule has 0 aromatic heterocycles. The lowest BCUT2D eigenvalue weighted by molar-refractivity contribution is -0.120. The summed E-state index contributed by atoms with van der Waals surface area (Å²) in [6.45, 7) is 1.90. The van der Waals surface area contributed by atoms with E-state index >= 15 is 0 Å². The van der Waals surface area contributed by atoms with Gasteiger partial charge in [-0.25, -0.2) is 4.90 Å². The third-order valence-corrected chi connectivity index (χ3v) is 5.79. The van der Waals surface area contributed by atoms with Crippen LogP contribution in [-0.4, -0.2) is 40.2 Å². The molecule has 7 heteroatoms. The van der Waals surface area contributed by atoms with E-state index in [9.17, 15) is 9.59 Å². The van der Waals surface area contributed by atoms with Crippen molar-refractivity contribution in [1.29, 1.82) is 0 Å². The molecule has 0 radical (unpaired) electrons. The van der Waals surface area contributed by atoms with Gasteiger partial charge in [-0.2, -0.15) is 0 Å². The van der Waals surface area contributed by atoms with Crippen LogP contribution in [0.1, 0.15) is 11.1 Å². The zero-order chi connectivity index (χ0) is 24.4. The second kappa shape index (κ2) is 9.31. The fraction of sp³-hybridized carbons (Fsp3) is 0.185. The monoisotopic (exact) mass is 458 g/mol. The molecule has 3 aromatic carbocycles. The molecule has 2 amide bonds. The van der Waals surface area contributed by atoms with E-state index in [2.05, 4.69) is 0 Å². The van der Waals surface area contributed by atoms with Crippen molar-refractivity contribution >= 4 is 28.8 Å². The summed E-state index contributed by atoms with van der Waals surface area (Å²) < 4.78 is 16.3. The Morgan fingerprint density at radius 2 is 1.38 bits per heavy atom. The van der Waals surface area contributed by atoms with E-state index < -0.39 is 11.8 Å². The average molecular weight is 459 g/mol. The minimum Gasteiger partial charge on any atom is -0.495 e. The molecule has 0 aliphatic carbocycles. The summed E-state index contributed by atoms with van der Waals surface area (Å²) in [7, 11) is 6.35. The molecule has 0 saturated heterocycles. The molecule has 1 aliphatic heterocycles. The normalized spacial score (nSPS) is 13.4. The topological polar surface area (TPSA) is 68.3 Å². The maximum Gasteiger partial charge on any atom is 0.282 e. The van der Waals surface area contributed by atoms with Crippen LogP contribution in [0, 0.1) is 6.92 Å². The van der Waals surface area contributed by atoms with E-state index in [-0.39, 0.29) is 11.3 Å². The number of benzene rings is 3. The average Bonchev–Trinajstić information content (AvgIpc) is 3.13. The van der Waals surface area contributed by atoms with Gasteiger partial charge in [0.25, 0.3) is 11.8 Å². The van der Waals surface area contributed by atoms with Crippen molar-refractivity contribution in [1.82, 2.24) is 0 Å². The van der Waals surface area contributed by atoms with E-state index in [1.165, 1.54) is 19.1 Å². The van der Waals surface area contributed by atoms with Crippen molar-refractivity contribution in [2.75, 3.05) is 38.2 Å². The van der Waals surface area contributed by atoms with Gasteiger partial charge in [-0.3, -0.25) is 9.59 Å². The van der Waals surface area contributed by atoms with Gasteiger partial charge in [0.15, 0.2) is 11.5 Å². The van der Waals surface area contributed by atoms with Crippen molar-refractivity contribution in [3.05, 3.63) is 83.6 Å². The number of aryl methyl sites for hydroxylation is 1. The first-order valence-electron chi connectivity index (χ1n) is 10.7. The van der Waals surface area contributed by atoms with Gasteiger partial charge in [-0.1, -0.05) is 30.3 Å². The van der Waals surface area contributed by atoms with Crippen LogP contribution in [0.15, 0.2) is 72.4 Å². The maximum absolute atomic E-state index is 13.9. The number of hydrogen-bond acceptors (Lipinski definition) is 6. The summed E-state index contributed by atoms with van der Waals surface area (Å²) >= 11 is 0. The number of carbonyl (C=O) groups is 2. The fourth-order valence-electron chi connectivity index (χ4n) is 4.06. The van der Waals surface area contributed by atoms with Gasteiger partial charge < -0.3 is 19.1 Å². The Morgan fingerprint density at radius 1 is 0.735 bits per heavy atom. The minimum atomic E-state index is -0.445. The molecule has 7 nitrogen and oxygen atoms in total. The molecule has 34 heavy (non-hydrogen) atoms. The Hall–Kier alpha value is -4.26. The van der Waals surface area contributed by atoms with Crippen LogP contribution in [0.5, 0.6) is 17.2 Å². The molecule has 0 saturated carbocycles. The van der Waals surface area contributed by atoms with E-state index in [0.29, 0.717) is 28.5 Å². The van der Waals surface area contributed by atoms with Gasteiger partial charge in [-0.05, 0) is 54.4 Å². The zero-order valence-electron chi connectivity index (χ0n) is 19.8. The molecule has 0 N–H and O–H groups in total. The molecular weight excluding hydrogens is 432 g/mol. The van der Waals surface area contributed by atoms with Crippen LogP contribution in [0.4, 0.5) is 11.4 Å². The standard InChI is InChI=1S/C27H26N2O5/c1-17-11-13-21(32-3)20(15-17)29-26(30)24(18-12-14-22(33-4)23(16-18)34-5)25(27(29)31)28(2)19-9-7-6-8-10-19/h6-16H,1-5H3. The molecule has 1 aliphatic rings. The van der Waals surface area contributed by atoms with Crippen molar-refractivity contribution in [2.24, 2.45) is 0 Å². The minimum absolute atomic E-state index is 0.256. The van der Waals surface area contributed by atoms with Crippen molar-refractivity contribution in [2.45, 2.75) is 6.92 Å². The number of amides is 2. The number of carbonyl (C=O) groups excluding carboxylic acids is 2. The van der Waals surface area contributed by atoms with Crippen molar-refractivity contribution in [3.63, 3.8) is 0 Å². The summed E-state index contributed by atoms with van der Waals surface area (Å²) in [5, 5.41) is 0. The van der Waals surface area contributed by atoms with Gasteiger partial charge in [-0.15, -0.1) is 0 Å². The van der Waals surface area contributed by atoms with Gasteiger partial charge in [0.05, 0.1) is 32.6 Å².